The molecule has 1 saturated heterocycles. The molecular formula is C21H34N2O. The van der Waals surface area contributed by atoms with Crippen molar-refractivity contribution in [3.8, 4) is 0 Å². The summed E-state index contributed by atoms with van der Waals surface area (Å²) >= 11 is 0. The summed E-state index contributed by atoms with van der Waals surface area (Å²) in [6.45, 7) is 10.2. The lowest BCUT2D eigenvalue weighted by atomic mass is 9.71. The second-order valence-electron chi connectivity index (χ2n) is 7.65. The van der Waals surface area contributed by atoms with E-state index in [1.807, 2.05) is 0 Å². The molecule has 0 aromatic heterocycles. The Bertz CT molecular complexity index is 475. The first kappa shape index (κ1) is 17.9. The maximum Gasteiger partial charge on any atom is 0.0589 e. The van der Waals surface area contributed by atoms with Crippen molar-refractivity contribution in [3.05, 3.63) is 35.4 Å². The van der Waals surface area contributed by atoms with Crippen LogP contribution in [0.3, 0.4) is 0 Å². The van der Waals surface area contributed by atoms with Crippen molar-refractivity contribution in [3.63, 3.8) is 0 Å². The molecule has 0 radical (unpaired) electrons. The van der Waals surface area contributed by atoms with Gasteiger partial charge < -0.3 is 9.64 Å². The molecule has 0 bridgehead atoms. The summed E-state index contributed by atoms with van der Waals surface area (Å²) in [5, 5.41) is 0. The zero-order chi connectivity index (χ0) is 16.8. The van der Waals surface area contributed by atoms with Gasteiger partial charge >= 0.3 is 0 Å². The lowest BCUT2D eigenvalue weighted by Gasteiger charge is -2.39. The average Bonchev–Trinajstić information content (AvgIpc) is 3.07. The normalized spacial score (nSPS) is 24.5. The van der Waals surface area contributed by atoms with Gasteiger partial charge in [-0.05, 0) is 68.3 Å². The van der Waals surface area contributed by atoms with Crippen LogP contribution in [0.4, 0.5) is 0 Å². The fourth-order valence-corrected chi connectivity index (χ4v) is 4.22. The molecular weight excluding hydrogens is 296 g/mol. The van der Waals surface area contributed by atoms with E-state index >= 15 is 0 Å². The van der Waals surface area contributed by atoms with Gasteiger partial charge in [-0.25, -0.2) is 0 Å². The van der Waals surface area contributed by atoms with Crippen molar-refractivity contribution in [1.29, 1.82) is 0 Å². The molecule has 2 fully saturated rings. The third-order valence-corrected chi connectivity index (χ3v) is 5.87. The van der Waals surface area contributed by atoms with Crippen molar-refractivity contribution in [1.82, 2.24) is 9.80 Å². The molecule has 0 spiro atoms. The van der Waals surface area contributed by atoms with E-state index in [4.69, 9.17) is 4.74 Å². The molecule has 1 aromatic carbocycles. The van der Waals surface area contributed by atoms with Gasteiger partial charge in [0, 0.05) is 26.7 Å². The Morgan fingerprint density at radius 1 is 1.12 bits per heavy atom. The minimum atomic E-state index is 0.789. The zero-order valence-electron chi connectivity index (χ0n) is 15.5. The van der Waals surface area contributed by atoms with E-state index in [-0.39, 0.29) is 0 Å². The number of likely N-dealkylation sites (tertiary alicyclic amines) is 1. The predicted molar refractivity (Wildman–Crippen MR) is 100 cm³/mol. The molecule has 24 heavy (non-hydrogen) atoms. The van der Waals surface area contributed by atoms with Gasteiger partial charge in [0.1, 0.15) is 0 Å². The molecule has 3 heteroatoms. The van der Waals surface area contributed by atoms with Crippen LogP contribution < -0.4 is 0 Å². The molecule has 1 heterocycles. The van der Waals surface area contributed by atoms with Gasteiger partial charge in [0.05, 0.1) is 6.61 Å². The Balaban J connectivity index is 1.42. The summed E-state index contributed by atoms with van der Waals surface area (Å²) in [6, 6.07) is 9.49. The van der Waals surface area contributed by atoms with Crippen molar-refractivity contribution in [2.75, 3.05) is 46.4 Å². The largest absolute Gasteiger partial charge is 0.383 e. The first-order valence-corrected chi connectivity index (χ1v) is 9.81. The zero-order valence-corrected chi connectivity index (χ0v) is 15.5. The van der Waals surface area contributed by atoms with Crippen LogP contribution in [-0.2, 0) is 11.3 Å². The van der Waals surface area contributed by atoms with Gasteiger partial charge in [0.25, 0.3) is 0 Å². The van der Waals surface area contributed by atoms with Gasteiger partial charge in [0.15, 0.2) is 0 Å². The van der Waals surface area contributed by atoms with E-state index in [1.54, 1.807) is 12.7 Å². The summed E-state index contributed by atoms with van der Waals surface area (Å²) < 4.78 is 5.21. The van der Waals surface area contributed by atoms with E-state index in [0.29, 0.717) is 0 Å². The van der Waals surface area contributed by atoms with E-state index < -0.39 is 0 Å². The Hall–Kier alpha value is -0.900. The van der Waals surface area contributed by atoms with E-state index in [1.165, 1.54) is 50.9 Å². The smallest absolute Gasteiger partial charge is 0.0589 e. The fraction of sp³-hybridized carbons (Fsp3) is 0.714. The number of hydrogen-bond acceptors (Lipinski definition) is 3. The molecule has 0 unspecified atom stereocenters. The van der Waals surface area contributed by atoms with Gasteiger partial charge in [-0.3, -0.25) is 4.90 Å². The first-order chi connectivity index (χ1) is 11.8. The highest BCUT2D eigenvalue weighted by Crippen LogP contribution is 2.42. The van der Waals surface area contributed by atoms with Gasteiger partial charge in [-0.15, -0.1) is 0 Å². The number of ether oxygens (including phenoxy) is 1. The van der Waals surface area contributed by atoms with Crippen LogP contribution >= 0.6 is 0 Å². The van der Waals surface area contributed by atoms with Gasteiger partial charge in [-0.2, -0.15) is 0 Å². The van der Waals surface area contributed by atoms with Crippen LogP contribution in [0.1, 0.15) is 49.7 Å². The molecule has 0 N–H and O–H groups in total. The van der Waals surface area contributed by atoms with Crippen LogP contribution in [0.25, 0.3) is 0 Å². The second kappa shape index (κ2) is 8.98. The SMILES string of the molecule is CCN(CCOC)C[C@H]1C[C@H](c2ccc(CN3CCCC3)cc2)C1. The number of benzene rings is 1. The monoisotopic (exact) mass is 330 g/mol. The molecule has 3 rings (SSSR count). The highest BCUT2D eigenvalue weighted by Gasteiger charge is 2.31. The fourth-order valence-electron chi connectivity index (χ4n) is 4.22. The van der Waals surface area contributed by atoms with Crippen molar-refractivity contribution < 1.29 is 4.74 Å². The minimum Gasteiger partial charge on any atom is -0.383 e. The summed E-state index contributed by atoms with van der Waals surface area (Å²) in [5.41, 5.74) is 3.03. The van der Waals surface area contributed by atoms with Crippen molar-refractivity contribution in [2.24, 2.45) is 5.92 Å². The minimum absolute atomic E-state index is 0.789. The van der Waals surface area contributed by atoms with E-state index in [2.05, 4.69) is 41.0 Å². The highest BCUT2D eigenvalue weighted by molar-refractivity contribution is 5.27. The first-order valence-electron chi connectivity index (χ1n) is 9.81. The molecule has 0 atom stereocenters. The molecule has 1 aliphatic carbocycles. The van der Waals surface area contributed by atoms with Gasteiger partial charge in [-0.1, -0.05) is 31.2 Å². The quantitative estimate of drug-likeness (QED) is 0.686. The Morgan fingerprint density at radius 3 is 2.46 bits per heavy atom. The van der Waals surface area contributed by atoms with Crippen molar-refractivity contribution >= 4 is 0 Å². The standard InChI is InChI=1S/C21H34N2O/c1-3-22(12-13-24-2)17-19-14-21(15-19)20-8-6-18(7-9-20)16-23-10-4-5-11-23/h6-9,19,21H,3-5,10-17H2,1-2H3/t19-,21-. The third kappa shape index (κ3) is 4.81. The lowest BCUT2D eigenvalue weighted by Crippen LogP contribution is -2.37. The lowest BCUT2D eigenvalue weighted by molar-refractivity contribution is 0.117. The van der Waals surface area contributed by atoms with E-state index in [0.717, 1.165) is 38.1 Å². The molecule has 134 valence electrons. The second-order valence-corrected chi connectivity index (χ2v) is 7.65. The number of nitrogens with zero attached hydrogens (tertiary/aromatic N) is 2. The predicted octanol–water partition coefficient (Wildman–Crippen LogP) is 3.74. The maximum absolute atomic E-state index is 5.21. The number of likely N-dealkylation sites (N-methyl/N-ethyl adjacent to an activating group) is 1. The Labute approximate surface area is 148 Å². The van der Waals surface area contributed by atoms with Crippen LogP contribution in [0.5, 0.6) is 0 Å². The topological polar surface area (TPSA) is 15.7 Å². The summed E-state index contributed by atoms with van der Waals surface area (Å²) in [7, 11) is 1.79. The maximum atomic E-state index is 5.21. The van der Waals surface area contributed by atoms with Crippen LogP contribution in [0.2, 0.25) is 0 Å². The molecule has 3 nitrogen and oxygen atoms in total. The summed E-state index contributed by atoms with van der Waals surface area (Å²) in [5.74, 6) is 1.66. The molecule has 1 aromatic rings. The van der Waals surface area contributed by atoms with Crippen LogP contribution in [0.15, 0.2) is 24.3 Å². The molecule has 1 aliphatic heterocycles. The molecule has 0 amide bonds. The van der Waals surface area contributed by atoms with Crippen molar-refractivity contribution in [2.45, 2.75) is 45.1 Å². The number of hydrogen-bond donors (Lipinski definition) is 0. The third-order valence-electron chi connectivity index (χ3n) is 5.87. The van der Waals surface area contributed by atoms with E-state index in [9.17, 15) is 0 Å². The van der Waals surface area contributed by atoms with Crippen LogP contribution in [-0.4, -0.2) is 56.2 Å². The number of methoxy groups -OCH3 is 1. The highest BCUT2D eigenvalue weighted by atomic mass is 16.5. The Kier molecular flexibility index (Phi) is 6.70. The average molecular weight is 331 g/mol. The molecule has 2 aliphatic rings. The molecule has 1 saturated carbocycles. The summed E-state index contributed by atoms with van der Waals surface area (Å²) in [4.78, 5) is 5.11. The number of rotatable bonds is 9. The van der Waals surface area contributed by atoms with Gasteiger partial charge in [0.2, 0.25) is 0 Å². The summed E-state index contributed by atoms with van der Waals surface area (Å²) in [6.07, 6.45) is 5.46. The van der Waals surface area contributed by atoms with Crippen LogP contribution in [0, 0.1) is 5.92 Å². The Morgan fingerprint density at radius 2 is 1.83 bits per heavy atom.